The van der Waals surface area contributed by atoms with E-state index in [0.717, 1.165) is 11.1 Å². The van der Waals surface area contributed by atoms with Gasteiger partial charge < -0.3 is 15.4 Å². The van der Waals surface area contributed by atoms with E-state index >= 15 is 0 Å². The van der Waals surface area contributed by atoms with Crippen molar-refractivity contribution in [2.45, 2.75) is 18.0 Å². The maximum atomic E-state index is 12.5. The fraction of sp³-hybridized carbons (Fsp3) is 0.227. The molecule has 0 aromatic heterocycles. The molecule has 6 nitrogen and oxygen atoms in total. The summed E-state index contributed by atoms with van der Waals surface area (Å²) in [5, 5.41) is 20.4. The van der Waals surface area contributed by atoms with Gasteiger partial charge >= 0.3 is 0 Å². The Labute approximate surface area is 163 Å². The summed E-state index contributed by atoms with van der Waals surface area (Å²) in [5.41, 5.74) is 6.78. The number of amides is 1. The second-order valence-electron chi connectivity index (χ2n) is 6.99. The highest BCUT2D eigenvalue weighted by Crippen LogP contribution is 2.59. The summed E-state index contributed by atoms with van der Waals surface area (Å²) in [6.45, 7) is 0. The fourth-order valence-electron chi connectivity index (χ4n) is 4.50. The molecule has 0 aliphatic carbocycles. The Morgan fingerprint density at radius 2 is 1.82 bits per heavy atom. The lowest BCUT2D eigenvalue weighted by molar-refractivity contribution is -0.122. The van der Waals surface area contributed by atoms with Crippen LogP contribution in [-0.2, 0) is 4.79 Å². The third-order valence-electron chi connectivity index (χ3n) is 5.71. The summed E-state index contributed by atoms with van der Waals surface area (Å²) in [7, 11) is 1.56. The van der Waals surface area contributed by atoms with Crippen LogP contribution in [-0.4, -0.2) is 24.0 Å². The van der Waals surface area contributed by atoms with Gasteiger partial charge in [-0.1, -0.05) is 36.4 Å². The molecule has 2 aromatic carbocycles. The van der Waals surface area contributed by atoms with Crippen molar-refractivity contribution in [3.63, 3.8) is 0 Å². The van der Waals surface area contributed by atoms with Crippen LogP contribution in [0.3, 0.4) is 0 Å². The molecule has 0 bridgehead atoms. The lowest BCUT2D eigenvalue weighted by Gasteiger charge is -2.34. The van der Waals surface area contributed by atoms with Crippen LogP contribution in [0, 0.1) is 28.1 Å². The Balaban J connectivity index is 1.97. The molecule has 28 heavy (non-hydrogen) atoms. The number of ether oxygens (including phenoxy) is 1. The molecular formula is C22H18N4O2. The molecule has 0 radical (unpaired) electrons. The number of nitriles is 2. The van der Waals surface area contributed by atoms with Gasteiger partial charge in [-0.3, -0.25) is 4.79 Å². The summed E-state index contributed by atoms with van der Waals surface area (Å²) >= 11 is 0. The molecule has 4 rings (SSSR count). The van der Waals surface area contributed by atoms with E-state index in [2.05, 4.69) is 12.1 Å². The predicted molar refractivity (Wildman–Crippen MR) is 102 cm³/mol. The van der Waals surface area contributed by atoms with Crippen LogP contribution in [0.5, 0.6) is 5.75 Å². The number of rotatable bonds is 3. The predicted octanol–water partition coefficient (Wildman–Crippen LogP) is 2.71. The van der Waals surface area contributed by atoms with Gasteiger partial charge in [0.15, 0.2) is 5.41 Å². The van der Waals surface area contributed by atoms with Crippen molar-refractivity contribution >= 4 is 12.0 Å². The van der Waals surface area contributed by atoms with Crippen LogP contribution < -0.4 is 10.5 Å². The highest BCUT2D eigenvalue weighted by Gasteiger charge is 2.63. The molecule has 1 amide bonds. The van der Waals surface area contributed by atoms with E-state index in [0.29, 0.717) is 11.3 Å². The van der Waals surface area contributed by atoms with E-state index in [1.165, 1.54) is 0 Å². The highest BCUT2D eigenvalue weighted by molar-refractivity contribution is 5.83. The molecular weight excluding hydrogens is 352 g/mol. The number of nitrogens with two attached hydrogens (primary N) is 1. The molecule has 1 fully saturated rings. The van der Waals surface area contributed by atoms with Crippen LogP contribution in [0.15, 0.2) is 54.7 Å². The van der Waals surface area contributed by atoms with Gasteiger partial charge in [-0.05, 0) is 34.9 Å². The van der Waals surface area contributed by atoms with Crippen molar-refractivity contribution in [3.05, 3.63) is 71.4 Å². The molecule has 2 aromatic rings. The Hall–Kier alpha value is -3.77. The minimum atomic E-state index is -1.48. The van der Waals surface area contributed by atoms with Crippen LogP contribution in [0.4, 0.5) is 0 Å². The first-order valence-corrected chi connectivity index (χ1v) is 8.87. The molecule has 3 atom stereocenters. The standard InChI is InChI=1S/C22H18N4O2/c1-28-16-8-6-15(7-9-16)18-19(21(25)27)26-11-10-14-4-2-3-5-17(14)20(26)22(18,12-23)13-24/h2-11,18-20H,1H3,(H2,25,27). The number of nitrogens with zero attached hydrogens (tertiary/aromatic N) is 3. The zero-order chi connectivity index (χ0) is 19.9. The highest BCUT2D eigenvalue weighted by atomic mass is 16.5. The van der Waals surface area contributed by atoms with Gasteiger partial charge in [0, 0.05) is 12.1 Å². The third kappa shape index (κ3) is 2.28. The topological polar surface area (TPSA) is 103 Å². The second kappa shape index (κ2) is 6.44. The normalized spacial score (nSPS) is 23.8. The molecule has 2 heterocycles. The van der Waals surface area contributed by atoms with E-state index in [1.807, 2.05) is 30.3 Å². The zero-order valence-electron chi connectivity index (χ0n) is 15.2. The third-order valence-corrected chi connectivity index (χ3v) is 5.71. The average molecular weight is 370 g/mol. The average Bonchev–Trinajstić information content (AvgIpc) is 3.05. The van der Waals surface area contributed by atoms with Gasteiger partial charge in [0.1, 0.15) is 11.8 Å². The fourth-order valence-corrected chi connectivity index (χ4v) is 4.50. The monoisotopic (exact) mass is 370 g/mol. The molecule has 6 heteroatoms. The van der Waals surface area contributed by atoms with Crippen molar-refractivity contribution in [1.29, 1.82) is 10.5 Å². The number of hydrogen-bond acceptors (Lipinski definition) is 5. The summed E-state index contributed by atoms with van der Waals surface area (Å²) in [6.07, 6.45) is 3.66. The van der Waals surface area contributed by atoms with E-state index in [4.69, 9.17) is 10.5 Å². The van der Waals surface area contributed by atoms with Crippen molar-refractivity contribution in [2.24, 2.45) is 11.1 Å². The molecule has 138 valence electrons. The number of carbonyl (C=O) groups excluding carboxylic acids is 1. The van der Waals surface area contributed by atoms with E-state index < -0.39 is 29.3 Å². The molecule has 2 aliphatic heterocycles. The van der Waals surface area contributed by atoms with E-state index in [1.54, 1.807) is 42.5 Å². The Morgan fingerprint density at radius 1 is 1.14 bits per heavy atom. The number of methoxy groups -OCH3 is 1. The Bertz CT molecular complexity index is 1030. The van der Waals surface area contributed by atoms with Gasteiger partial charge in [0.25, 0.3) is 0 Å². The van der Waals surface area contributed by atoms with E-state index in [-0.39, 0.29) is 0 Å². The summed E-state index contributed by atoms with van der Waals surface area (Å²) in [6, 6.07) is 17.8. The van der Waals surface area contributed by atoms with Crippen LogP contribution in [0.2, 0.25) is 0 Å². The van der Waals surface area contributed by atoms with Crippen molar-refractivity contribution in [1.82, 2.24) is 4.90 Å². The first-order valence-electron chi connectivity index (χ1n) is 8.87. The van der Waals surface area contributed by atoms with Gasteiger partial charge in [-0.25, -0.2) is 0 Å². The molecule has 0 spiro atoms. The van der Waals surface area contributed by atoms with Gasteiger partial charge in [0.2, 0.25) is 5.91 Å². The molecule has 0 saturated carbocycles. The lowest BCUT2D eigenvalue weighted by atomic mass is 9.68. The van der Waals surface area contributed by atoms with E-state index in [9.17, 15) is 15.3 Å². The van der Waals surface area contributed by atoms with Crippen molar-refractivity contribution in [3.8, 4) is 17.9 Å². The first-order chi connectivity index (χ1) is 13.6. The molecule has 1 saturated heterocycles. The summed E-state index contributed by atoms with van der Waals surface area (Å²) < 4.78 is 5.21. The Kier molecular flexibility index (Phi) is 4.05. The van der Waals surface area contributed by atoms with Gasteiger partial charge in [-0.2, -0.15) is 10.5 Å². The van der Waals surface area contributed by atoms with Gasteiger partial charge in [0.05, 0.1) is 25.3 Å². The number of hydrogen-bond donors (Lipinski definition) is 1. The zero-order valence-corrected chi connectivity index (χ0v) is 15.2. The number of fused-ring (bicyclic) bond motifs is 3. The molecule has 2 N–H and O–H groups in total. The summed E-state index contributed by atoms with van der Waals surface area (Å²) in [4.78, 5) is 14.3. The first kappa shape index (κ1) is 17.6. The number of primary amides is 1. The second-order valence-corrected chi connectivity index (χ2v) is 6.99. The lowest BCUT2D eigenvalue weighted by Crippen LogP contribution is -2.41. The largest absolute Gasteiger partial charge is 0.497 e. The number of carbonyl (C=O) groups is 1. The quantitative estimate of drug-likeness (QED) is 0.895. The smallest absolute Gasteiger partial charge is 0.240 e. The van der Waals surface area contributed by atoms with Crippen molar-refractivity contribution in [2.75, 3.05) is 7.11 Å². The van der Waals surface area contributed by atoms with Gasteiger partial charge in [-0.15, -0.1) is 0 Å². The Morgan fingerprint density at radius 3 is 2.43 bits per heavy atom. The van der Waals surface area contributed by atoms with Crippen molar-refractivity contribution < 1.29 is 9.53 Å². The SMILES string of the molecule is COc1ccc(C2C(C(N)=O)N3C=Cc4ccccc4C3C2(C#N)C#N)cc1. The maximum Gasteiger partial charge on any atom is 0.240 e. The minimum absolute atomic E-state index is 0.567. The number of benzene rings is 2. The summed E-state index contributed by atoms with van der Waals surface area (Å²) in [5.74, 6) is -0.617. The molecule has 3 unspecified atom stereocenters. The van der Waals surface area contributed by atoms with Crippen LogP contribution in [0.25, 0.3) is 6.08 Å². The minimum Gasteiger partial charge on any atom is -0.497 e. The van der Waals surface area contributed by atoms with Crippen LogP contribution >= 0.6 is 0 Å². The molecule has 2 aliphatic rings. The van der Waals surface area contributed by atoms with Crippen LogP contribution in [0.1, 0.15) is 28.7 Å². The maximum absolute atomic E-state index is 12.5.